The van der Waals surface area contributed by atoms with Crippen molar-refractivity contribution in [3.8, 4) is 11.3 Å². The van der Waals surface area contributed by atoms with Gasteiger partial charge in [-0.05, 0) is 29.8 Å². The molecule has 0 unspecified atom stereocenters. The first-order chi connectivity index (χ1) is 12.5. The fourth-order valence-electron chi connectivity index (χ4n) is 2.71. The number of nitrogens with zero attached hydrogens (tertiary/aromatic N) is 1. The smallest absolute Gasteiger partial charge is 0.257 e. The van der Waals surface area contributed by atoms with Crippen LogP contribution >= 0.6 is 11.3 Å². The molecular formula is C18H11F2N3O2S. The highest BCUT2D eigenvalue weighted by Gasteiger charge is 2.18. The molecule has 0 spiro atoms. The predicted molar refractivity (Wildman–Crippen MR) is 94.2 cm³/mol. The van der Waals surface area contributed by atoms with Crippen molar-refractivity contribution in [2.75, 3.05) is 10.6 Å². The van der Waals surface area contributed by atoms with E-state index in [0.717, 1.165) is 28.9 Å². The first kappa shape index (κ1) is 16.3. The number of fused-ring (bicyclic) bond motifs is 1. The van der Waals surface area contributed by atoms with E-state index in [1.807, 2.05) is 18.2 Å². The number of aromatic nitrogens is 1. The van der Waals surface area contributed by atoms with Crippen molar-refractivity contribution < 1.29 is 18.4 Å². The van der Waals surface area contributed by atoms with Crippen molar-refractivity contribution in [2.24, 2.45) is 0 Å². The van der Waals surface area contributed by atoms with Crippen LogP contribution in [0, 0.1) is 11.6 Å². The average molecular weight is 371 g/mol. The number of rotatable bonds is 3. The van der Waals surface area contributed by atoms with Crippen LogP contribution in [-0.4, -0.2) is 16.8 Å². The number of carbonyl (C=O) groups is 2. The summed E-state index contributed by atoms with van der Waals surface area (Å²) in [7, 11) is 0. The molecule has 5 nitrogen and oxygen atoms in total. The highest BCUT2D eigenvalue weighted by atomic mass is 32.1. The lowest BCUT2D eigenvalue weighted by atomic mass is 10.1. The second-order valence-corrected chi connectivity index (χ2v) is 6.61. The molecule has 0 saturated carbocycles. The Morgan fingerprint density at radius 3 is 2.69 bits per heavy atom. The van der Waals surface area contributed by atoms with E-state index in [0.29, 0.717) is 23.3 Å². The number of benzene rings is 2. The first-order valence-electron chi connectivity index (χ1n) is 7.64. The van der Waals surface area contributed by atoms with Crippen molar-refractivity contribution >= 4 is 34.0 Å². The van der Waals surface area contributed by atoms with Gasteiger partial charge in [0.25, 0.3) is 5.91 Å². The second kappa shape index (κ2) is 6.30. The molecule has 1 aliphatic heterocycles. The lowest BCUT2D eigenvalue weighted by molar-refractivity contribution is -0.115. The number of carbonyl (C=O) groups excluding carboxylic acids is 2. The second-order valence-electron chi connectivity index (χ2n) is 5.75. The zero-order valence-electron chi connectivity index (χ0n) is 13.2. The van der Waals surface area contributed by atoms with Crippen molar-refractivity contribution in [2.45, 2.75) is 6.42 Å². The number of nitrogens with one attached hydrogen (secondary N) is 2. The van der Waals surface area contributed by atoms with Crippen LogP contribution in [0.1, 0.15) is 15.9 Å². The third-order valence-electron chi connectivity index (χ3n) is 3.88. The van der Waals surface area contributed by atoms with E-state index in [9.17, 15) is 18.4 Å². The van der Waals surface area contributed by atoms with Gasteiger partial charge in [0, 0.05) is 28.3 Å². The Bertz CT molecular complexity index is 1030. The van der Waals surface area contributed by atoms with E-state index in [1.165, 1.54) is 11.3 Å². The number of anilines is 2. The summed E-state index contributed by atoms with van der Waals surface area (Å²) in [4.78, 5) is 27.9. The topological polar surface area (TPSA) is 71.1 Å². The summed E-state index contributed by atoms with van der Waals surface area (Å²) < 4.78 is 26.5. The van der Waals surface area contributed by atoms with Crippen LogP contribution in [0.2, 0.25) is 0 Å². The summed E-state index contributed by atoms with van der Waals surface area (Å²) in [6.07, 6.45) is 0.321. The van der Waals surface area contributed by atoms with Gasteiger partial charge in [0.2, 0.25) is 5.91 Å². The zero-order valence-corrected chi connectivity index (χ0v) is 14.0. The Labute approximate surface area is 150 Å². The van der Waals surface area contributed by atoms with E-state index in [-0.39, 0.29) is 11.5 Å². The molecule has 8 heteroatoms. The maximum atomic E-state index is 13.2. The molecule has 0 radical (unpaired) electrons. The maximum absolute atomic E-state index is 13.2. The summed E-state index contributed by atoms with van der Waals surface area (Å²) in [6.45, 7) is 0. The van der Waals surface area contributed by atoms with Gasteiger partial charge in [0.05, 0.1) is 12.1 Å². The predicted octanol–water partition coefficient (Wildman–Crippen LogP) is 3.84. The van der Waals surface area contributed by atoms with Crippen LogP contribution < -0.4 is 10.6 Å². The molecular weight excluding hydrogens is 360 g/mol. The molecule has 2 heterocycles. The molecule has 2 aromatic carbocycles. The first-order valence-corrected chi connectivity index (χ1v) is 8.52. The number of hydrogen-bond acceptors (Lipinski definition) is 4. The molecule has 4 rings (SSSR count). The molecule has 1 aromatic heterocycles. The zero-order chi connectivity index (χ0) is 18.3. The van der Waals surface area contributed by atoms with Crippen LogP contribution in [0.25, 0.3) is 11.3 Å². The van der Waals surface area contributed by atoms with Gasteiger partial charge in [0.1, 0.15) is 11.6 Å². The van der Waals surface area contributed by atoms with Crippen LogP contribution in [0.5, 0.6) is 0 Å². The lowest BCUT2D eigenvalue weighted by Gasteiger charge is -2.03. The molecule has 0 bridgehead atoms. The van der Waals surface area contributed by atoms with Crippen LogP contribution in [0.15, 0.2) is 41.8 Å². The Balaban J connectivity index is 1.54. The van der Waals surface area contributed by atoms with Crippen molar-refractivity contribution in [3.63, 3.8) is 0 Å². The van der Waals surface area contributed by atoms with Crippen molar-refractivity contribution in [1.82, 2.24) is 4.98 Å². The van der Waals surface area contributed by atoms with Gasteiger partial charge in [0.15, 0.2) is 5.13 Å². The number of halogens is 2. The molecule has 1 aliphatic rings. The Morgan fingerprint density at radius 2 is 1.92 bits per heavy atom. The largest absolute Gasteiger partial charge is 0.326 e. The molecule has 2 amide bonds. The third kappa shape index (κ3) is 3.18. The van der Waals surface area contributed by atoms with Crippen LogP contribution in [-0.2, 0) is 11.2 Å². The van der Waals surface area contributed by atoms with Gasteiger partial charge < -0.3 is 5.32 Å². The van der Waals surface area contributed by atoms with E-state index in [2.05, 4.69) is 15.6 Å². The van der Waals surface area contributed by atoms with E-state index >= 15 is 0 Å². The number of amides is 2. The maximum Gasteiger partial charge on any atom is 0.257 e. The molecule has 26 heavy (non-hydrogen) atoms. The molecule has 0 saturated heterocycles. The van der Waals surface area contributed by atoms with E-state index < -0.39 is 17.5 Å². The minimum absolute atomic E-state index is 0.0503. The summed E-state index contributed by atoms with van der Waals surface area (Å²) in [6, 6.07) is 8.12. The third-order valence-corrected chi connectivity index (χ3v) is 4.63. The van der Waals surface area contributed by atoms with Gasteiger partial charge in [-0.25, -0.2) is 13.8 Å². The van der Waals surface area contributed by atoms with Crippen LogP contribution in [0.3, 0.4) is 0 Å². The molecule has 2 N–H and O–H groups in total. The number of thiazole rings is 1. The Hall–Kier alpha value is -3.13. The van der Waals surface area contributed by atoms with Gasteiger partial charge in [-0.1, -0.05) is 6.07 Å². The monoisotopic (exact) mass is 371 g/mol. The fourth-order valence-corrected chi connectivity index (χ4v) is 3.42. The number of hydrogen-bond donors (Lipinski definition) is 2. The van der Waals surface area contributed by atoms with Crippen molar-refractivity contribution in [1.29, 1.82) is 0 Å². The summed E-state index contributed by atoms with van der Waals surface area (Å²) >= 11 is 1.20. The minimum atomic E-state index is -0.823. The van der Waals surface area contributed by atoms with E-state index in [4.69, 9.17) is 0 Å². The SMILES string of the molecule is O=C1Cc2cc(-c3csc(NC(=O)c4cc(F)cc(F)c4)n3)ccc2N1. The molecule has 3 aromatic rings. The lowest BCUT2D eigenvalue weighted by Crippen LogP contribution is -2.12. The normalized spacial score (nSPS) is 12.6. The molecule has 130 valence electrons. The minimum Gasteiger partial charge on any atom is -0.326 e. The van der Waals surface area contributed by atoms with Crippen LogP contribution in [0.4, 0.5) is 19.6 Å². The summed E-state index contributed by atoms with van der Waals surface area (Å²) in [5, 5.41) is 7.36. The van der Waals surface area contributed by atoms with Crippen molar-refractivity contribution in [3.05, 3.63) is 64.5 Å². The fraction of sp³-hybridized carbons (Fsp3) is 0.0556. The van der Waals surface area contributed by atoms with Gasteiger partial charge >= 0.3 is 0 Å². The van der Waals surface area contributed by atoms with Gasteiger partial charge in [-0.3, -0.25) is 14.9 Å². The Morgan fingerprint density at radius 1 is 1.15 bits per heavy atom. The molecule has 0 atom stereocenters. The van der Waals surface area contributed by atoms with Gasteiger partial charge in [-0.15, -0.1) is 11.3 Å². The average Bonchev–Trinajstić information content (AvgIpc) is 3.18. The molecule has 0 fully saturated rings. The summed E-state index contributed by atoms with van der Waals surface area (Å²) in [5.74, 6) is -2.34. The summed E-state index contributed by atoms with van der Waals surface area (Å²) in [5.41, 5.74) is 3.00. The standard InChI is InChI=1S/C18H11F2N3O2S/c19-12-4-11(5-13(20)7-12)17(25)23-18-22-15(8-26-18)9-1-2-14-10(3-9)6-16(24)21-14/h1-5,7-8H,6H2,(H,21,24)(H,22,23,25). The highest BCUT2D eigenvalue weighted by molar-refractivity contribution is 7.14. The quantitative estimate of drug-likeness (QED) is 0.735. The molecule has 0 aliphatic carbocycles. The van der Waals surface area contributed by atoms with E-state index in [1.54, 1.807) is 5.38 Å². The van der Waals surface area contributed by atoms with Gasteiger partial charge in [-0.2, -0.15) is 0 Å². The highest BCUT2D eigenvalue weighted by Crippen LogP contribution is 2.31. The Kier molecular flexibility index (Phi) is 3.96.